The first-order valence-corrected chi connectivity index (χ1v) is 12.2. The maximum absolute atomic E-state index is 13.4. The average molecular weight is 465 g/mol. The van der Waals surface area contributed by atoms with Gasteiger partial charge in [-0.05, 0) is 49.1 Å². The maximum Gasteiger partial charge on any atom is 0.252 e. The lowest BCUT2D eigenvalue weighted by Gasteiger charge is -2.24. The van der Waals surface area contributed by atoms with E-state index in [1.165, 1.54) is 23.0 Å². The molecule has 1 amide bonds. The lowest BCUT2D eigenvalue weighted by molar-refractivity contribution is 0.0929. The molecule has 168 valence electrons. The molecule has 0 bridgehead atoms. The van der Waals surface area contributed by atoms with Gasteiger partial charge in [-0.3, -0.25) is 9.48 Å². The van der Waals surface area contributed by atoms with Crippen LogP contribution in [-0.2, 0) is 13.0 Å². The van der Waals surface area contributed by atoms with Crippen LogP contribution in [0.3, 0.4) is 0 Å². The molecule has 0 saturated carbocycles. The topological polar surface area (TPSA) is 70.7 Å². The second-order valence-electron chi connectivity index (χ2n) is 8.31. The van der Waals surface area contributed by atoms with Gasteiger partial charge in [-0.15, -0.1) is 0 Å². The van der Waals surface area contributed by atoms with Crippen LogP contribution in [0.15, 0.2) is 94.9 Å². The molecule has 1 N–H and O–H groups in total. The minimum atomic E-state index is -0.105. The molecular formula is C28H24N4OS. The minimum absolute atomic E-state index is 0.0646. The van der Waals surface area contributed by atoms with Crippen molar-refractivity contribution < 1.29 is 4.79 Å². The molecule has 0 radical (unpaired) electrons. The van der Waals surface area contributed by atoms with Crippen molar-refractivity contribution >= 4 is 17.7 Å². The summed E-state index contributed by atoms with van der Waals surface area (Å²) in [6.45, 7) is 0.731. The highest BCUT2D eigenvalue weighted by Crippen LogP contribution is 2.34. The van der Waals surface area contributed by atoms with E-state index in [0.717, 1.165) is 41.2 Å². The number of nitriles is 1. The third-order valence-electron chi connectivity index (χ3n) is 6.10. The number of carbonyl (C=O) groups is 1. The number of hydrogen-bond acceptors (Lipinski definition) is 4. The maximum atomic E-state index is 13.4. The largest absolute Gasteiger partial charge is 0.345 e. The highest BCUT2D eigenvalue weighted by atomic mass is 32.2. The second-order valence-corrected chi connectivity index (χ2v) is 9.40. The number of nitrogens with one attached hydrogen (secondary N) is 1. The third-order valence-corrected chi connectivity index (χ3v) is 7.25. The number of fused-ring (bicyclic) bond motifs is 1. The number of benzene rings is 3. The van der Waals surface area contributed by atoms with Crippen LogP contribution in [0.4, 0.5) is 0 Å². The summed E-state index contributed by atoms with van der Waals surface area (Å²) >= 11 is 1.45. The van der Waals surface area contributed by atoms with Gasteiger partial charge in [-0.1, -0.05) is 66.4 Å². The molecule has 0 aliphatic heterocycles. The van der Waals surface area contributed by atoms with E-state index < -0.39 is 0 Å². The minimum Gasteiger partial charge on any atom is -0.345 e. The predicted octanol–water partition coefficient (Wildman–Crippen LogP) is 5.76. The first-order chi connectivity index (χ1) is 16.7. The Hall–Kier alpha value is -3.82. The predicted molar refractivity (Wildman–Crippen MR) is 133 cm³/mol. The molecule has 0 fully saturated rings. The normalized spacial score (nSPS) is 14.7. The summed E-state index contributed by atoms with van der Waals surface area (Å²) < 4.78 is 2.06. The van der Waals surface area contributed by atoms with E-state index >= 15 is 0 Å². The van der Waals surface area contributed by atoms with Crippen LogP contribution in [-0.4, -0.2) is 15.7 Å². The molecule has 3 aromatic carbocycles. The molecule has 1 aliphatic rings. The zero-order valence-electron chi connectivity index (χ0n) is 18.6. The Morgan fingerprint density at radius 1 is 1.03 bits per heavy atom. The van der Waals surface area contributed by atoms with Gasteiger partial charge in [0.25, 0.3) is 5.91 Å². The monoisotopic (exact) mass is 464 g/mol. The molecule has 5 nitrogen and oxygen atoms in total. The van der Waals surface area contributed by atoms with Crippen molar-refractivity contribution in [1.29, 1.82) is 5.26 Å². The van der Waals surface area contributed by atoms with Crippen LogP contribution in [0.1, 0.15) is 51.6 Å². The van der Waals surface area contributed by atoms with Gasteiger partial charge in [-0.25, -0.2) is 0 Å². The van der Waals surface area contributed by atoms with Crippen LogP contribution in [0.25, 0.3) is 0 Å². The lowest BCUT2D eigenvalue weighted by Crippen LogP contribution is -2.31. The number of amides is 1. The Balaban J connectivity index is 1.36. The van der Waals surface area contributed by atoms with E-state index in [9.17, 15) is 10.1 Å². The molecule has 1 atom stereocenters. The summed E-state index contributed by atoms with van der Waals surface area (Å²) in [5, 5.41) is 17.3. The molecule has 34 heavy (non-hydrogen) atoms. The van der Waals surface area contributed by atoms with Gasteiger partial charge in [-0.2, -0.15) is 10.4 Å². The van der Waals surface area contributed by atoms with Crippen molar-refractivity contribution in [3.63, 3.8) is 0 Å². The first kappa shape index (κ1) is 22.0. The molecule has 0 saturated heterocycles. The number of aromatic nitrogens is 2. The third kappa shape index (κ3) is 4.61. The Morgan fingerprint density at radius 3 is 2.59 bits per heavy atom. The zero-order chi connectivity index (χ0) is 23.3. The molecule has 1 aromatic heterocycles. The summed E-state index contributed by atoms with van der Waals surface area (Å²) in [7, 11) is 0. The fourth-order valence-electron chi connectivity index (χ4n) is 4.41. The molecule has 4 aromatic rings. The van der Waals surface area contributed by atoms with Crippen molar-refractivity contribution in [1.82, 2.24) is 15.1 Å². The Labute approximate surface area is 203 Å². The van der Waals surface area contributed by atoms with Gasteiger partial charge in [0.15, 0.2) is 0 Å². The van der Waals surface area contributed by atoms with Gasteiger partial charge in [0.1, 0.15) is 6.07 Å². The van der Waals surface area contributed by atoms with Gasteiger partial charge < -0.3 is 5.32 Å². The fraction of sp³-hybridized carbons (Fsp3) is 0.179. The van der Waals surface area contributed by atoms with Gasteiger partial charge in [0, 0.05) is 21.0 Å². The van der Waals surface area contributed by atoms with E-state index in [2.05, 4.69) is 33.3 Å². The number of rotatable bonds is 6. The van der Waals surface area contributed by atoms with Gasteiger partial charge >= 0.3 is 0 Å². The average Bonchev–Trinajstić information content (AvgIpc) is 3.29. The van der Waals surface area contributed by atoms with E-state index in [1.54, 1.807) is 6.07 Å². The van der Waals surface area contributed by atoms with Crippen LogP contribution in [0.5, 0.6) is 0 Å². The molecule has 0 spiro atoms. The molecule has 6 heteroatoms. The van der Waals surface area contributed by atoms with Crippen LogP contribution >= 0.6 is 11.8 Å². The SMILES string of the molecule is N#Cc1ccccc1Sc1ccccc1C(=O)NC1CCCc2c1cnn2Cc1ccccc1. The Morgan fingerprint density at radius 2 is 1.76 bits per heavy atom. The van der Waals surface area contributed by atoms with Crippen molar-refractivity contribution in [2.45, 2.75) is 41.6 Å². The van der Waals surface area contributed by atoms with Crippen LogP contribution in [0, 0.1) is 11.3 Å². The molecule has 1 heterocycles. The van der Waals surface area contributed by atoms with Crippen molar-refractivity contribution in [2.75, 3.05) is 0 Å². The molecular weight excluding hydrogens is 440 g/mol. The molecule has 5 rings (SSSR count). The summed E-state index contributed by atoms with van der Waals surface area (Å²) in [6, 6.07) is 27.5. The van der Waals surface area contributed by atoms with Crippen molar-refractivity contribution in [3.05, 3.63) is 113 Å². The highest BCUT2D eigenvalue weighted by Gasteiger charge is 2.26. The Bertz CT molecular complexity index is 1360. The summed E-state index contributed by atoms with van der Waals surface area (Å²) in [5.74, 6) is -0.105. The van der Waals surface area contributed by atoms with Gasteiger partial charge in [0.05, 0.1) is 29.9 Å². The summed E-state index contributed by atoms with van der Waals surface area (Å²) in [5.41, 5.74) is 4.74. The fourth-order valence-corrected chi connectivity index (χ4v) is 5.43. The van der Waals surface area contributed by atoms with E-state index in [1.807, 2.05) is 66.9 Å². The standard InChI is InChI=1S/C28H24N4OS/c29-17-21-11-4-6-15-26(21)34-27-16-7-5-12-22(27)28(33)31-24-13-8-14-25-23(24)18-30-32(25)19-20-9-2-1-3-10-20/h1-7,9-12,15-16,18,24H,8,13-14,19H2,(H,31,33). The van der Waals surface area contributed by atoms with E-state index in [4.69, 9.17) is 0 Å². The summed E-state index contributed by atoms with van der Waals surface area (Å²) in [6.07, 6.45) is 4.77. The Kier molecular flexibility index (Phi) is 6.46. The van der Waals surface area contributed by atoms with Crippen LogP contribution in [0.2, 0.25) is 0 Å². The number of carbonyl (C=O) groups excluding carboxylic acids is 1. The van der Waals surface area contributed by atoms with Crippen molar-refractivity contribution in [2.24, 2.45) is 0 Å². The molecule has 1 unspecified atom stereocenters. The summed E-state index contributed by atoms with van der Waals surface area (Å²) in [4.78, 5) is 15.0. The quantitative estimate of drug-likeness (QED) is 0.394. The first-order valence-electron chi connectivity index (χ1n) is 11.4. The number of hydrogen-bond donors (Lipinski definition) is 1. The van der Waals surface area contributed by atoms with Gasteiger partial charge in [0.2, 0.25) is 0 Å². The number of nitrogens with zero attached hydrogens (tertiary/aromatic N) is 3. The second kappa shape index (κ2) is 9.98. The molecule has 1 aliphatic carbocycles. The van der Waals surface area contributed by atoms with Crippen molar-refractivity contribution in [3.8, 4) is 6.07 Å². The zero-order valence-corrected chi connectivity index (χ0v) is 19.5. The van der Waals surface area contributed by atoms with E-state index in [0.29, 0.717) is 11.1 Å². The highest BCUT2D eigenvalue weighted by molar-refractivity contribution is 7.99. The van der Waals surface area contributed by atoms with Crippen LogP contribution < -0.4 is 5.32 Å². The smallest absolute Gasteiger partial charge is 0.252 e. The van der Waals surface area contributed by atoms with E-state index in [-0.39, 0.29) is 11.9 Å². The lowest BCUT2D eigenvalue weighted by atomic mass is 9.92.